The molecule has 1 aliphatic carbocycles. The Morgan fingerprint density at radius 3 is 2.55 bits per heavy atom. The van der Waals surface area contributed by atoms with Gasteiger partial charge in [-0.15, -0.1) is 0 Å². The van der Waals surface area contributed by atoms with Gasteiger partial charge in [0.15, 0.2) is 0 Å². The summed E-state index contributed by atoms with van der Waals surface area (Å²) in [4.78, 5) is 14.3. The van der Waals surface area contributed by atoms with Gasteiger partial charge in [-0.3, -0.25) is 4.79 Å². The average molecular weight is 296 g/mol. The highest BCUT2D eigenvalue weighted by Gasteiger charge is 2.34. The smallest absolute Gasteiger partial charge is 0.255 e. The Hall–Kier alpha value is -1.40. The molecule has 1 amide bonds. The fraction of sp³-hybridized carbons (Fsp3) is 0.500. The van der Waals surface area contributed by atoms with Gasteiger partial charge in [-0.05, 0) is 38.3 Å². The molecule has 0 bridgehead atoms. The van der Waals surface area contributed by atoms with Crippen molar-refractivity contribution in [2.75, 3.05) is 6.54 Å². The van der Waals surface area contributed by atoms with Crippen molar-refractivity contribution in [1.29, 1.82) is 0 Å². The molecule has 2 N–H and O–H groups in total. The van der Waals surface area contributed by atoms with Crippen LogP contribution >= 0.6 is 0 Å². The number of primary sulfonamides is 1. The van der Waals surface area contributed by atoms with E-state index < -0.39 is 10.0 Å². The summed E-state index contributed by atoms with van der Waals surface area (Å²) in [5.41, 5.74) is 1.03. The third kappa shape index (κ3) is 3.19. The van der Waals surface area contributed by atoms with Crippen LogP contribution in [0.4, 0.5) is 0 Å². The van der Waals surface area contributed by atoms with E-state index in [-0.39, 0.29) is 22.4 Å². The normalized spacial score (nSPS) is 15.2. The monoisotopic (exact) mass is 296 g/mol. The lowest BCUT2D eigenvalue weighted by atomic mass is 10.1. The molecule has 0 radical (unpaired) electrons. The van der Waals surface area contributed by atoms with Crippen LogP contribution in [0.1, 0.15) is 42.1 Å². The van der Waals surface area contributed by atoms with Crippen LogP contribution in [0.25, 0.3) is 0 Å². The van der Waals surface area contributed by atoms with Crippen LogP contribution < -0.4 is 5.14 Å². The van der Waals surface area contributed by atoms with Gasteiger partial charge in [0.2, 0.25) is 10.0 Å². The van der Waals surface area contributed by atoms with E-state index in [9.17, 15) is 13.2 Å². The molecule has 0 spiro atoms. The highest BCUT2D eigenvalue weighted by molar-refractivity contribution is 7.89. The number of sulfonamides is 1. The highest BCUT2D eigenvalue weighted by Crippen LogP contribution is 2.29. The van der Waals surface area contributed by atoms with Crippen molar-refractivity contribution in [1.82, 2.24) is 4.90 Å². The third-order valence-electron chi connectivity index (χ3n) is 3.39. The van der Waals surface area contributed by atoms with Gasteiger partial charge < -0.3 is 4.90 Å². The second-order valence-corrected chi connectivity index (χ2v) is 6.80. The van der Waals surface area contributed by atoms with Gasteiger partial charge in [-0.2, -0.15) is 0 Å². The number of aryl methyl sites for hydroxylation is 1. The summed E-state index contributed by atoms with van der Waals surface area (Å²) < 4.78 is 23.3. The predicted molar refractivity (Wildman–Crippen MR) is 76.9 cm³/mol. The number of amides is 1. The lowest BCUT2D eigenvalue weighted by Crippen LogP contribution is -2.35. The second-order valence-electron chi connectivity index (χ2n) is 5.27. The first-order chi connectivity index (χ1) is 9.34. The van der Waals surface area contributed by atoms with E-state index in [1.165, 1.54) is 6.07 Å². The van der Waals surface area contributed by atoms with Gasteiger partial charge in [0.05, 0.1) is 10.5 Å². The van der Waals surface area contributed by atoms with Gasteiger partial charge in [-0.1, -0.05) is 18.6 Å². The Labute approximate surface area is 119 Å². The van der Waals surface area contributed by atoms with E-state index >= 15 is 0 Å². The molecule has 0 atom stereocenters. The van der Waals surface area contributed by atoms with Gasteiger partial charge >= 0.3 is 0 Å². The molecule has 20 heavy (non-hydrogen) atoms. The summed E-state index contributed by atoms with van der Waals surface area (Å²) in [6.45, 7) is 4.46. The molecule has 0 saturated heterocycles. The molecule has 1 aliphatic rings. The summed E-state index contributed by atoms with van der Waals surface area (Å²) in [6.07, 6.45) is 2.82. The third-order valence-corrected chi connectivity index (χ3v) is 4.35. The molecular formula is C14H20N2O3S. The topological polar surface area (TPSA) is 80.5 Å². The molecule has 0 heterocycles. The molecular weight excluding hydrogens is 276 g/mol. The number of nitrogens with two attached hydrogens (primary N) is 1. The van der Waals surface area contributed by atoms with E-state index in [0.29, 0.717) is 6.54 Å². The summed E-state index contributed by atoms with van der Waals surface area (Å²) in [7, 11) is -3.90. The first-order valence-corrected chi connectivity index (χ1v) is 8.33. The molecule has 1 fully saturated rings. The quantitative estimate of drug-likeness (QED) is 0.897. The van der Waals surface area contributed by atoms with Crippen LogP contribution in [0.5, 0.6) is 0 Å². The fourth-order valence-corrected chi connectivity index (χ4v) is 3.00. The number of carbonyl (C=O) groups excluding carboxylic acids is 1. The number of benzene rings is 1. The minimum Gasteiger partial charge on any atom is -0.336 e. The summed E-state index contributed by atoms with van der Waals surface area (Å²) in [6, 6.07) is 4.91. The van der Waals surface area contributed by atoms with Crippen LogP contribution in [0.2, 0.25) is 0 Å². The van der Waals surface area contributed by atoms with Crippen LogP contribution in [0.3, 0.4) is 0 Å². The molecule has 2 rings (SSSR count). The van der Waals surface area contributed by atoms with Gasteiger partial charge in [0.25, 0.3) is 5.91 Å². The summed E-state index contributed by atoms with van der Waals surface area (Å²) in [5, 5.41) is 5.21. The fourth-order valence-electron chi connectivity index (χ4n) is 2.29. The minimum absolute atomic E-state index is 0.0881. The molecule has 1 saturated carbocycles. The maximum Gasteiger partial charge on any atom is 0.255 e. The van der Waals surface area contributed by atoms with Crippen molar-refractivity contribution in [2.45, 2.75) is 44.0 Å². The molecule has 1 aromatic carbocycles. The van der Waals surface area contributed by atoms with E-state index in [4.69, 9.17) is 5.14 Å². The van der Waals surface area contributed by atoms with Crippen LogP contribution in [-0.4, -0.2) is 31.8 Å². The van der Waals surface area contributed by atoms with E-state index in [2.05, 4.69) is 0 Å². The predicted octanol–water partition coefficient (Wildman–Crippen LogP) is 1.66. The van der Waals surface area contributed by atoms with E-state index in [1.54, 1.807) is 17.0 Å². The molecule has 0 aliphatic heterocycles. The van der Waals surface area contributed by atoms with Crippen molar-refractivity contribution in [3.63, 3.8) is 0 Å². The number of carbonyl (C=O) groups is 1. The highest BCUT2D eigenvalue weighted by atomic mass is 32.2. The Balaban J connectivity index is 2.44. The minimum atomic E-state index is -3.90. The van der Waals surface area contributed by atoms with Crippen molar-refractivity contribution in [3.05, 3.63) is 29.3 Å². The van der Waals surface area contributed by atoms with Gasteiger partial charge in [-0.25, -0.2) is 13.6 Å². The lowest BCUT2D eigenvalue weighted by Gasteiger charge is -2.23. The van der Waals surface area contributed by atoms with Gasteiger partial charge in [0.1, 0.15) is 0 Å². The summed E-state index contributed by atoms with van der Waals surface area (Å²) >= 11 is 0. The first-order valence-electron chi connectivity index (χ1n) is 6.79. The van der Waals surface area contributed by atoms with E-state index in [1.807, 2.05) is 13.8 Å². The Morgan fingerprint density at radius 2 is 2.05 bits per heavy atom. The number of hydrogen-bond acceptors (Lipinski definition) is 3. The second kappa shape index (κ2) is 5.54. The molecule has 1 aromatic rings. The zero-order chi connectivity index (χ0) is 14.9. The van der Waals surface area contributed by atoms with Crippen molar-refractivity contribution < 1.29 is 13.2 Å². The zero-order valence-electron chi connectivity index (χ0n) is 11.8. The maximum absolute atomic E-state index is 12.6. The van der Waals surface area contributed by atoms with Crippen molar-refractivity contribution in [3.8, 4) is 0 Å². The van der Waals surface area contributed by atoms with Crippen LogP contribution in [0.15, 0.2) is 23.1 Å². The lowest BCUT2D eigenvalue weighted by molar-refractivity contribution is 0.0739. The van der Waals surface area contributed by atoms with E-state index in [0.717, 1.165) is 24.8 Å². The van der Waals surface area contributed by atoms with Crippen molar-refractivity contribution in [2.24, 2.45) is 5.14 Å². The first kappa shape index (κ1) is 15.0. The maximum atomic E-state index is 12.6. The summed E-state index contributed by atoms with van der Waals surface area (Å²) in [5.74, 6) is -0.234. The van der Waals surface area contributed by atoms with Crippen LogP contribution in [0, 0.1) is 6.92 Å². The molecule has 0 aromatic heterocycles. The van der Waals surface area contributed by atoms with Gasteiger partial charge in [0, 0.05) is 12.6 Å². The van der Waals surface area contributed by atoms with Crippen molar-refractivity contribution >= 4 is 15.9 Å². The average Bonchev–Trinajstić information content (AvgIpc) is 3.17. The number of hydrogen-bond donors (Lipinski definition) is 1. The molecule has 6 heteroatoms. The Bertz CT molecular complexity index is 621. The molecule has 110 valence electrons. The Morgan fingerprint density at radius 1 is 1.40 bits per heavy atom. The number of rotatable bonds is 5. The number of nitrogens with zero attached hydrogens (tertiary/aromatic N) is 1. The van der Waals surface area contributed by atoms with Crippen LogP contribution in [-0.2, 0) is 10.0 Å². The zero-order valence-corrected chi connectivity index (χ0v) is 12.6. The SMILES string of the molecule is CCCN(C(=O)c1cc(C)ccc1S(N)(=O)=O)C1CC1. The Kier molecular flexibility index (Phi) is 4.15. The molecule has 0 unspecified atom stereocenters. The largest absolute Gasteiger partial charge is 0.336 e. The standard InChI is InChI=1S/C14H20N2O3S/c1-3-8-16(11-5-6-11)14(17)12-9-10(2)4-7-13(12)20(15,18)19/h4,7,9,11H,3,5-6,8H2,1-2H3,(H2,15,18,19). The molecule has 5 nitrogen and oxygen atoms in total.